The van der Waals surface area contributed by atoms with E-state index in [4.69, 9.17) is 0 Å². The highest BCUT2D eigenvalue weighted by atomic mass is 79.9. The predicted molar refractivity (Wildman–Crippen MR) is 99.9 cm³/mol. The first-order valence-electron chi connectivity index (χ1n) is 8.20. The summed E-state index contributed by atoms with van der Waals surface area (Å²) in [5.74, 6) is -0.201. The minimum absolute atomic E-state index is 0.0662. The van der Waals surface area contributed by atoms with Crippen LogP contribution in [-0.2, 0) is 9.59 Å². The third-order valence-corrected chi connectivity index (χ3v) is 4.81. The minimum atomic E-state index is -0.811. The van der Waals surface area contributed by atoms with Gasteiger partial charge >= 0.3 is 0 Å². The number of nitriles is 1. The number of carbonyl (C=O) groups excluding carboxylic acids is 2. The summed E-state index contributed by atoms with van der Waals surface area (Å²) in [6.45, 7) is 3.83. The lowest BCUT2D eigenvalue weighted by molar-refractivity contribution is -0.124. The van der Waals surface area contributed by atoms with Gasteiger partial charge in [-0.3, -0.25) is 14.5 Å². The van der Waals surface area contributed by atoms with Gasteiger partial charge in [-0.1, -0.05) is 15.9 Å². The average molecular weight is 407 g/mol. The largest absolute Gasteiger partial charge is 0.337 e. The van der Waals surface area contributed by atoms with Gasteiger partial charge in [-0.2, -0.15) is 5.26 Å². The van der Waals surface area contributed by atoms with Crippen LogP contribution in [0, 0.1) is 24.2 Å². The molecule has 1 fully saturated rings. The lowest BCUT2D eigenvalue weighted by atomic mass is 9.98. The Kier molecular flexibility index (Phi) is 6.20. The number of benzene rings is 1. The number of rotatable bonds is 7. The van der Waals surface area contributed by atoms with Crippen molar-refractivity contribution in [3.05, 3.63) is 28.2 Å². The van der Waals surface area contributed by atoms with Gasteiger partial charge in [0.1, 0.15) is 5.54 Å². The van der Waals surface area contributed by atoms with Gasteiger partial charge in [0.15, 0.2) is 0 Å². The molecule has 25 heavy (non-hydrogen) atoms. The second-order valence-corrected chi connectivity index (χ2v) is 7.73. The van der Waals surface area contributed by atoms with Gasteiger partial charge in [0.25, 0.3) is 0 Å². The first-order valence-corrected chi connectivity index (χ1v) is 8.99. The minimum Gasteiger partial charge on any atom is -0.337 e. The second-order valence-electron chi connectivity index (χ2n) is 6.82. The molecule has 0 aliphatic heterocycles. The molecule has 1 saturated carbocycles. The molecule has 7 heteroatoms. The summed E-state index contributed by atoms with van der Waals surface area (Å²) in [5.41, 5.74) is 0.892. The van der Waals surface area contributed by atoms with E-state index in [9.17, 15) is 14.9 Å². The Morgan fingerprint density at radius 1 is 1.36 bits per heavy atom. The maximum absolute atomic E-state index is 12.2. The average Bonchev–Trinajstić information content (AvgIpc) is 3.34. The SMILES string of the molecule is Cc1cc(Br)ccc1NC(=O)CN(C)CC(=O)N[C@](C)(C#N)C1CC1. The number of anilines is 1. The van der Waals surface area contributed by atoms with Crippen molar-refractivity contribution < 1.29 is 9.59 Å². The molecule has 0 heterocycles. The summed E-state index contributed by atoms with van der Waals surface area (Å²) in [6, 6.07) is 7.81. The van der Waals surface area contributed by atoms with Crippen LogP contribution in [0.4, 0.5) is 5.69 Å². The molecule has 0 radical (unpaired) electrons. The van der Waals surface area contributed by atoms with Crippen molar-refractivity contribution in [2.24, 2.45) is 5.92 Å². The van der Waals surface area contributed by atoms with E-state index in [-0.39, 0.29) is 30.8 Å². The van der Waals surface area contributed by atoms with Gasteiger partial charge in [-0.25, -0.2) is 0 Å². The quantitative estimate of drug-likeness (QED) is 0.727. The zero-order valence-corrected chi connectivity index (χ0v) is 16.3. The summed E-state index contributed by atoms with van der Waals surface area (Å²) in [6.07, 6.45) is 1.93. The summed E-state index contributed by atoms with van der Waals surface area (Å²) in [4.78, 5) is 25.9. The van der Waals surface area contributed by atoms with Crippen LogP contribution in [0.5, 0.6) is 0 Å². The van der Waals surface area contributed by atoms with Crippen LogP contribution >= 0.6 is 15.9 Å². The molecular weight excluding hydrogens is 384 g/mol. The summed E-state index contributed by atoms with van der Waals surface area (Å²) in [7, 11) is 1.70. The van der Waals surface area contributed by atoms with E-state index in [1.54, 1.807) is 18.9 Å². The number of hydrogen-bond acceptors (Lipinski definition) is 4. The Labute approximate surface area is 156 Å². The number of nitrogens with zero attached hydrogens (tertiary/aromatic N) is 2. The molecule has 2 N–H and O–H groups in total. The van der Waals surface area contributed by atoms with E-state index in [1.165, 1.54) is 0 Å². The fraction of sp³-hybridized carbons (Fsp3) is 0.500. The van der Waals surface area contributed by atoms with Gasteiger partial charge in [0.05, 0.1) is 19.2 Å². The van der Waals surface area contributed by atoms with Crippen LogP contribution in [0.25, 0.3) is 0 Å². The molecule has 0 saturated heterocycles. The fourth-order valence-corrected chi connectivity index (χ4v) is 3.19. The Bertz CT molecular complexity index is 712. The predicted octanol–water partition coefficient (Wildman–Crippen LogP) is 2.44. The van der Waals surface area contributed by atoms with E-state index in [1.807, 2.05) is 25.1 Å². The van der Waals surface area contributed by atoms with Crippen molar-refractivity contribution in [2.45, 2.75) is 32.2 Å². The van der Waals surface area contributed by atoms with Crippen molar-refractivity contribution in [3.63, 3.8) is 0 Å². The van der Waals surface area contributed by atoms with E-state index in [0.717, 1.165) is 28.6 Å². The standard InChI is InChI=1S/C18H23BrN4O2/c1-12-8-14(19)6-7-15(12)21-16(24)9-23(3)10-17(25)22-18(2,11-20)13-4-5-13/h6-8,13H,4-5,9-10H2,1-3H3,(H,21,24)(H,22,25)/t18-/m1/s1. The lowest BCUT2D eigenvalue weighted by Gasteiger charge is -2.24. The summed E-state index contributed by atoms with van der Waals surface area (Å²) >= 11 is 3.39. The van der Waals surface area contributed by atoms with Gasteiger partial charge < -0.3 is 10.6 Å². The number of nitrogens with one attached hydrogen (secondary N) is 2. The van der Waals surface area contributed by atoms with Crippen LogP contribution in [0.3, 0.4) is 0 Å². The van der Waals surface area contributed by atoms with Crippen LogP contribution in [0.1, 0.15) is 25.3 Å². The topological polar surface area (TPSA) is 85.2 Å². The van der Waals surface area contributed by atoms with Gasteiger partial charge in [-0.05, 0) is 63.4 Å². The van der Waals surface area contributed by atoms with Crippen LogP contribution in [-0.4, -0.2) is 42.4 Å². The highest BCUT2D eigenvalue weighted by Gasteiger charge is 2.43. The molecular formula is C18H23BrN4O2. The zero-order chi connectivity index (χ0) is 18.6. The first kappa shape index (κ1) is 19.4. The van der Waals surface area contributed by atoms with Crippen molar-refractivity contribution in [2.75, 3.05) is 25.5 Å². The summed E-state index contributed by atoms with van der Waals surface area (Å²) < 4.78 is 0.952. The molecule has 0 bridgehead atoms. The van der Waals surface area contributed by atoms with Crippen molar-refractivity contribution in [3.8, 4) is 6.07 Å². The maximum Gasteiger partial charge on any atom is 0.238 e. The Morgan fingerprint density at radius 3 is 2.56 bits per heavy atom. The van der Waals surface area contributed by atoms with Gasteiger partial charge in [-0.15, -0.1) is 0 Å². The summed E-state index contributed by atoms with van der Waals surface area (Å²) in [5, 5.41) is 14.9. The number of aryl methyl sites for hydroxylation is 1. The molecule has 0 spiro atoms. The van der Waals surface area contributed by atoms with E-state index < -0.39 is 5.54 Å². The third kappa shape index (κ3) is 5.55. The zero-order valence-electron chi connectivity index (χ0n) is 14.7. The molecule has 2 amide bonds. The normalized spacial score (nSPS) is 16.0. The van der Waals surface area contributed by atoms with Gasteiger partial charge in [0.2, 0.25) is 11.8 Å². The molecule has 1 aliphatic carbocycles. The molecule has 0 unspecified atom stereocenters. The van der Waals surface area contributed by atoms with E-state index in [2.05, 4.69) is 32.6 Å². The first-order chi connectivity index (χ1) is 11.7. The fourth-order valence-electron chi connectivity index (χ4n) is 2.71. The van der Waals surface area contributed by atoms with Gasteiger partial charge in [0, 0.05) is 10.2 Å². The molecule has 134 valence electrons. The van der Waals surface area contributed by atoms with Crippen LogP contribution < -0.4 is 10.6 Å². The molecule has 1 aromatic rings. The number of amides is 2. The molecule has 0 aromatic heterocycles. The Hall–Kier alpha value is -1.91. The molecule has 1 atom stereocenters. The van der Waals surface area contributed by atoms with Crippen LogP contribution in [0.15, 0.2) is 22.7 Å². The molecule has 6 nitrogen and oxygen atoms in total. The highest BCUT2D eigenvalue weighted by molar-refractivity contribution is 9.10. The highest BCUT2D eigenvalue weighted by Crippen LogP contribution is 2.39. The molecule has 1 aromatic carbocycles. The number of halogens is 1. The smallest absolute Gasteiger partial charge is 0.238 e. The van der Waals surface area contributed by atoms with Crippen molar-refractivity contribution in [1.82, 2.24) is 10.2 Å². The van der Waals surface area contributed by atoms with E-state index in [0.29, 0.717) is 0 Å². The van der Waals surface area contributed by atoms with Crippen molar-refractivity contribution in [1.29, 1.82) is 5.26 Å². The lowest BCUT2D eigenvalue weighted by Crippen LogP contribution is -2.50. The molecule has 2 rings (SSSR count). The molecule has 1 aliphatic rings. The Morgan fingerprint density at radius 2 is 2.00 bits per heavy atom. The van der Waals surface area contributed by atoms with Crippen molar-refractivity contribution >= 4 is 33.4 Å². The third-order valence-electron chi connectivity index (χ3n) is 4.31. The number of likely N-dealkylation sites (N-methyl/N-ethyl adjacent to an activating group) is 1. The second kappa shape index (κ2) is 7.98. The number of hydrogen-bond donors (Lipinski definition) is 2. The Balaban J connectivity index is 1.82. The number of carbonyl (C=O) groups is 2. The maximum atomic E-state index is 12.2. The monoisotopic (exact) mass is 406 g/mol. The van der Waals surface area contributed by atoms with Crippen LogP contribution in [0.2, 0.25) is 0 Å². The van der Waals surface area contributed by atoms with E-state index >= 15 is 0 Å².